The molecule has 98 valence electrons. The maximum Gasteiger partial charge on any atom is 0.265 e. The van der Waals surface area contributed by atoms with Crippen LogP contribution >= 0.6 is 0 Å². The second-order valence-electron chi connectivity index (χ2n) is 3.95. The van der Waals surface area contributed by atoms with Crippen LogP contribution in [0.5, 0.6) is 0 Å². The summed E-state index contributed by atoms with van der Waals surface area (Å²) in [6.07, 6.45) is 2.54. The lowest BCUT2D eigenvalue weighted by Gasteiger charge is -2.05. The van der Waals surface area contributed by atoms with Gasteiger partial charge in [-0.2, -0.15) is 5.10 Å². The van der Waals surface area contributed by atoms with Crippen LogP contribution in [0.25, 0.3) is 11.1 Å². The molecule has 0 radical (unpaired) electrons. The molecule has 0 unspecified atom stereocenters. The third-order valence-corrected chi connectivity index (χ3v) is 3.88. The molecule has 0 saturated carbocycles. The van der Waals surface area contributed by atoms with Crippen molar-refractivity contribution in [3.63, 3.8) is 0 Å². The first-order valence-electron chi connectivity index (χ1n) is 5.43. The second kappa shape index (κ2) is 4.09. The zero-order valence-corrected chi connectivity index (χ0v) is 10.7. The molecule has 0 aliphatic heterocycles. The summed E-state index contributed by atoms with van der Waals surface area (Å²) in [5, 5.41) is 6.07. The molecule has 0 bridgehead atoms. The van der Waals surface area contributed by atoms with Gasteiger partial charge >= 0.3 is 0 Å². The van der Waals surface area contributed by atoms with Crippen molar-refractivity contribution >= 4 is 26.8 Å². The van der Waals surface area contributed by atoms with E-state index in [1.165, 1.54) is 12.4 Å². The number of aromatic nitrogens is 3. The van der Waals surface area contributed by atoms with Crippen LogP contribution in [-0.4, -0.2) is 23.6 Å². The van der Waals surface area contributed by atoms with Crippen LogP contribution in [0.3, 0.4) is 0 Å². The molecule has 1 aromatic carbocycles. The number of hydrogen-bond donors (Lipinski definition) is 2. The first kappa shape index (κ1) is 11.7. The van der Waals surface area contributed by atoms with Gasteiger partial charge in [0.1, 0.15) is 10.4 Å². The molecule has 0 saturated heterocycles. The third kappa shape index (κ3) is 2.17. The number of anilines is 1. The van der Waals surface area contributed by atoms with E-state index in [-0.39, 0.29) is 4.90 Å². The van der Waals surface area contributed by atoms with Gasteiger partial charge in [0.2, 0.25) is 0 Å². The highest BCUT2D eigenvalue weighted by atomic mass is 32.2. The molecule has 0 atom stereocenters. The van der Waals surface area contributed by atoms with E-state index in [1.807, 2.05) is 0 Å². The molecule has 8 heteroatoms. The predicted octanol–water partition coefficient (Wildman–Crippen LogP) is 1.66. The third-order valence-electron chi connectivity index (χ3n) is 2.53. The number of nitrogens with zero attached hydrogens (tertiary/aromatic N) is 2. The summed E-state index contributed by atoms with van der Waals surface area (Å²) in [6, 6.07) is 4.90. The number of rotatable bonds is 3. The van der Waals surface area contributed by atoms with Gasteiger partial charge in [-0.05, 0) is 18.2 Å². The van der Waals surface area contributed by atoms with E-state index in [0.29, 0.717) is 22.7 Å². The Morgan fingerprint density at radius 2 is 2.21 bits per heavy atom. The van der Waals surface area contributed by atoms with Gasteiger partial charge in [-0.1, -0.05) is 0 Å². The average molecular weight is 278 g/mol. The minimum absolute atomic E-state index is 0.0731. The van der Waals surface area contributed by atoms with E-state index in [1.54, 1.807) is 25.1 Å². The van der Waals surface area contributed by atoms with Gasteiger partial charge in [0.15, 0.2) is 11.5 Å². The lowest BCUT2D eigenvalue weighted by Crippen LogP contribution is -2.12. The summed E-state index contributed by atoms with van der Waals surface area (Å²) in [6.45, 7) is 1.73. The Kier molecular flexibility index (Phi) is 2.53. The lowest BCUT2D eigenvalue weighted by atomic mass is 10.3. The Bertz CT molecular complexity index is 821. The van der Waals surface area contributed by atoms with Gasteiger partial charge in [-0.25, -0.2) is 13.4 Å². The second-order valence-corrected chi connectivity index (χ2v) is 5.64. The molecule has 0 aliphatic rings. The van der Waals surface area contributed by atoms with Gasteiger partial charge in [-0.15, -0.1) is 0 Å². The summed E-state index contributed by atoms with van der Waals surface area (Å²) in [5.41, 5.74) is 1.63. The SMILES string of the molecule is Cc1nc2cc(NS(=O)(=O)c3cn[nH]c3)ccc2o1. The Morgan fingerprint density at radius 3 is 2.95 bits per heavy atom. The van der Waals surface area contributed by atoms with Crippen LogP contribution in [0.15, 0.2) is 39.9 Å². The first-order chi connectivity index (χ1) is 9.04. The lowest BCUT2D eigenvalue weighted by molar-refractivity contribution is 0.561. The van der Waals surface area contributed by atoms with E-state index in [0.717, 1.165) is 0 Å². The number of aromatic amines is 1. The fourth-order valence-corrected chi connectivity index (χ4v) is 2.66. The van der Waals surface area contributed by atoms with Crippen molar-refractivity contribution in [2.24, 2.45) is 0 Å². The summed E-state index contributed by atoms with van der Waals surface area (Å²) < 4.78 is 31.8. The van der Waals surface area contributed by atoms with E-state index in [2.05, 4.69) is 19.9 Å². The van der Waals surface area contributed by atoms with Crippen LogP contribution in [0.2, 0.25) is 0 Å². The first-order valence-corrected chi connectivity index (χ1v) is 6.92. The average Bonchev–Trinajstić information content (AvgIpc) is 2.95. The molecule has 0 amide bonds. The molecule has 3 aromatic rings. The topological polar surface area (TPSA) is 101 Å². The molecule has 0 fully saturated rings. The largest absolute Gasteiger partial charge is 0.441 e. The highest BCUT2D eigenvalue weighted by Gasteiger charge is 2.15. The van der Waals surface area contributed by atoms with Gasteiger partial charge in [0, 0.05) is 13.1 Å². The van der Waals surface area contributed by atoms with E-state index in [9.17, 15) is 8.42 Å². The minimum Gasteiger partial charge on any atom is -0.441 e. The van der Waals surface area contributed by atoms with Gasteiger partial charge in [0.25, 0.3) is 10.0 Å². The minimum atomic E-state index is -3.63. The fourth-order valence-electron chi connectivity index (χ4n) is 1.71. The Morgan fingerprint density at radius 1 is 1.37 bits per heavy atom. The number of benzene rings is 1. The number of hydrogen-bond acceptors (Lipinski definition) is 5. The van der Waals surface area contributed by atoms with E-state index < -0.39 is 10.0 Å². The highest BCUT2D eigenvalue weighted by Crippen LogP contribution is 2.21. The van der Waals surface area contributed by atoms with Crippen LogP contribution < -0.4 is 4.72 Å². The maximum absolute atomic E-state index is 12.0. The van der Waals surface area contributed by atoms with Crippen molar-refractivity contribution in [2.45, 2.75) is 11.8 Å². The predicted molar refractivity (Wildman–Crippen MR) is 68.1 cm³/mol. The number of aryl methyl sites for hydroxylation is 1. The number of fused-ring (bicyclic) bond motifs is 1. The van der Waals surface area contributed by atoms with Crippen molar-refractivity contribution < 1.29 is 12.8 Å². The van der Waals surface area contributed by atoms with Gasteiger partial charge in [-0.3, -0.25) is 9.82 Å². The molecule has 2 heterocycles. The maximum atomic E-state index is 12.0. The van der Waals surface area contributed by atoms with Crippen molar-refractivity contribution in [3.8, 4) is 0 Å². The molecule has 2 N–H and O–H groups in total. The molecule has 2 aromatic heterocycles. The Balaban J connectivity index is 1.97. The summed E-state index contributed by atoms with van der Waals surface area (Å²) in [5.74, 6) is 0.532. The fraction of sp³-hybridized carbons (Fsp3) is 0.0909. The summed E-state index contributed by atoms with van der Waals surface area (Å²) >= 11 is 0. The normalized spacial score (nSPS) is 11.8. The molecular formula is C11H10N4O3S. The molecular weight excluding hydrogens is 268 g/mol. The van der Waals surface area contributed by atoms with E-state index >= 15 is 0 Å². The summed E-state index contributed by atoms with van der Waals surface area (Å²) in [7, 11) is -3.63. The number of sulfonamides is 1. The number of H-pyrrole nitrogens is 1. The molecule has 3 rings (SSSR count). The zero-order chi connectivity index (χ0) is 13.5. The number of oxazole rings is 1. The van der Waals surface area contributed by atoms with Gasteiger partial charge in [0.05, 0.1) is 11.9 Å². The zero-order valence-electron chi connectivity index (χ0n) is 9.91. The van der Waals surface area contributed by atoms with Crippen LogP contribution in [0.1, 0.15) is 5.89 Å². The van der Waals surface area contributed by atoms with Crippen molar-refractivity contribution in [1.29, 1.82) is 0 Å². The van der Waals surface area contributed by atoms with Crippen LogP contribution in [-0.2, 0) is 10.0 Å². The smallest absolute Gasteiger partial charge is 0.265 e. The number of nitrogens with one attached hydrogen (secondary N) is 2. The van der Waals surface area contributed by atoms with Crippen LogP contribution in [0, 0.1) is 6.92 Å². The monoisotopic (exact) mass is 278 g/mol. The molecule has 7 nitrogen and oxygen atoms in total. The standard InChI is InChI=1S/C11H10N4O3S/c1-7-14-10-4-8(2-3-11(10)18-7)15-19(16,17)9-5-12-13-6-9/h2-6,15H,1H3,(H,12,13). The molecule has 0 aliphatic carbocycles. The molecule has 0 spiro atoms. The van der Waals surface area contributed by atoms with Crippen molar-refractivity contribution in [3.05, 3.63) is 36.5 Å². The van der Waals surface area contributed by atoms with Crippen LogP contribution in [0.4, 0.5) is 5.69 Å². The van der Waals surface area contributed by atoms with Crippen molar-refractivity contribution in [1.82, 2.24) is 15.2 Å². The highest BCUT2D eigenvalue weighted by molar-refractivity contribution is 7.92. The molecule has 19 heavy (non-hydrogen) atoms. The van der Waals surface area contributed by atoms with E-state index in [4.69, 9.17) is 4.42 Å². The van der Waals surface area contributed by atoms with Crippen molar-refractivity contribution in [2.75, 3.05) is 4.72 Å². The quantitative estimate of drug-likeness (QED) is 0.758. The summed E-state index contributed by atoms with van der Waals surface area (Å²) in [4.78, 5) is 4.22. The Hall–Kier alpha value is -2.35. The Labute approximate surface area is 108 Å². The van der Waals surface area contributed by atoms with Gasteiger partial charge < -0.3 is 4.42 Å².